The van der Waals surface area contributed by atoms with Crippen LogP contribution in [0.2, 0.25) is 0 Å². The van der Waals surface area contributed by atoms with Crippen LogP contribution in [-0.4, -0.2) is 49.4 Å². The lowest BCUT2D eigenvalue weighted by atomic mass is 10.1. The number of anilines is 1. The standard InChI is InChI=1S/C16H22N4O2/c1-10-7-20(8-11(2)19-10)16-13-5-12(21-3)6-14(22-4)15(13)17-9-18-16/h5-6,9-11,19H,7-8H2,1-4H3/t10-,11+. The van der Waals surface area contributed by atoms with Gasteiger partial charge in [-0.2, -0.15) is 0 Å². The third-order valence-electron chi connectivity index (χ3n) is 3.97. The minimum atomic E-state index is 0.418. The molecule has 0 saturated carbocycles. The summed E-state index contributed by atoms with van der Waals surface area (Å²) in [7, 11) is 3.30. The van der Waals surface area contributed by atoms with Gasteiger partial charge in [0.1, 0.15) is 29.2 Å². The van der Waals surface area contributed by atoms with E-state index in [9.17, 15) is 0 Å². The Bertz CT molecular complexity index is 666. The molecule has 0 aliphatic carbocycles. The summed E-state index contributed by atoms with van der Waals surface area (Å²) in [4.78, 5) is 11.2. The van der Waals surface area contributed by atoms with Gasteiger partial charge in [-0.15, -0.1) is 0 Å². The van der Waals surface area contributed by atoms with E-state index in [1.165, 1.54) is 0 Å². The Morgan fingerprint density at radius 3 is 2.45 bits per heavy atom. The smallest absolute Gasteiger partial charge is 0.148 e. The molecule has 0 spiro atoms. The van der Waals surface area contributed by atoms with Crippen molar-refractivity contribution in [3.63, 3.8) is 0 Å². The van der Waals surface area contributed by atoms with Crippen molar-refractivity contribution in [1.29, 1.82) is 0 Å². The molecule has 0 amide bonds. The SMILES string of the molecule is COc1cc(OC)c2ncnc(N3C[C@@H](C)N[C@@H](C)C3)c2c1. The minimum absolute atomic E-state index is 0.418. The highest BCUT2D eigenvalue weighted by atomic mass is 16.5. The monoisotopic (exact) mass is 302 g/mol. The molecule has 0 bridgehead atoms. The number of benzene rings is 1. The second-order valence-electron chi connectivity index (χ2n) is 5.80. The topological polar surface area (TPSA) is 59.5 Å². The average Bonchev–Trinajstić information content (AvgIpc) is 2.52. The van der Waals surface area contributed by atoms with E-state index in [0.717, 1.165) is 35.6 Å². The van der Waals surface area contributed by atoms with Gasteiger partial charge in [0, 0.05) is 31.2 Å². The van der Waals surface area contributed by atoms with E-state index in [1.54, 1.807) is 20.5 Å². The summed E-state index contributed by atoms with van der Waals surface area (Å²) in [6, 6.07) is 4.66. The summed E-state index contributed by atoms with van der Waals surface area (Å²) in [5, 5.41) is 4.50. The van der Waals surface area contributed by atoms with Gasteiger partial charge < -0.3 is 19.7 Å². The number of nitrogens with zero attached hydrogens (tertiary/aromatic N) is 3. The Kier molecular flexibility index (Phi) is 4.02. The Morgan fingerprint density at radius 2 is 1.82 bits per heavy atom. The van der Waals surface area contributed by atoms with Crippen molar-refractivity contribution in [3.8, 4) is 11.5 Å². The van der Waals surface area contributed by atoms with Crippen LogP contribution in [0.25, 0.3) is 10.9 Å². The van der Waals surface area contributed by atoms with Gasteiger partial charge in [0.15, 0.2) is 0 Å². The fourth-order valence-corrected chi connectivity index (χ4v) is 3.12. The zero-order chi connectivity index (χ0) is 15.7. The quantitative estimate of drug-likeness (QED) is 0.933. The van der Waals surface area contributed by atoms with Gasteiger partial charge in [-0.05, 0) is 19.9 Å². The molecule has 0 radical (unpaired) electrons. The molecule has 6 nitrogen and oxygen atoms in total. The third kappa shape index (κ3) is 2.66. The molecule has 2 heterocycles. The molecule has 1 N–H and O–H groups in total. The summed E-state index contributed by atoms with van der Waals surface area (Å²) in [6.07, 6.45) is 1.60. The number of rotatable bonds is 3. The van der Waals surface area contributed by atoms with Crippen LogP contribution in [0.5, 0.6) is 11.5 Å². The normalized spacial score (nSPS) is 21.9. The molecule has 118 valence electrons. The van der Waals surface area contributed by atoms with Gasteiger partial charge in [-0.1, -0.05) is 0 Å². The molecule has 1 aliphatic rings. The summed E-state index contributed by atoms with van der Waals surface area (Å²) >= 11 is 0. The van der Waals surface area contributed by atoms with E-state index in [0.29, 0.717) is 17.8 Å². The molecule has 1 aromatic carbocycles. The number of fused-ring (bicyclic) bond motifs is 1. The highest BCUT2D eigenvalue weighted by molar-refractivity contribution is 5.94. The van der Waals surface area contributed by atoms with Crippen molar-refractivity contribution < 1.29 is 9.47 Å². The third-order valence-corrected chi connectivity index (χ3v) is 3.97. The van der Waals surface area contributed by atoms with Gasteiger partial charge in [-0.25, -0.2) is 9.97 Å². The minimum Gasteiger partial charge on any atom is -0.497 e. The fourth-order valence-electron chi connectivity index (χ4n) is 3.12. The molecule has 2 atom stereocenters. The zero-order valence-electron chi connectivity index (χ0n) is 13.5. The fraction of sp³-hybridized carbons (Fsp3) is 0.500. The molecule has 1 aromatic heterocycles. The van der Waals surface area contributed by atoms with Crippen LogP contribution in [0.4, 0.5) is 5.82 Å². The largest absolute Gasteiger partial charge is 0.497 e. The molecular weight excluding hydrogens is 280 g/mol. The highest BCUT2D eigenvalue weighted by Crippen LogP contribution is 2.34. The average molecular weight is 302 g/mol. The number of ether oxygens (including phenoxy) is 2. The van der Waals surface area contributed by atoms with E-state index >= 15 is 0 Å². The van der Waals surface area contributed by atoms with Crippen LogP contribution >= 0.6 is 0 Å². The molecule has 1 aliphatic heterocycles. The van der Waals surface area contributed by atoms with E-state index in [4.69, 9.17) is 9.47 Å². The summed E-state index contributed by atoms with van der Waals surface area (Å²) in [6.45, 7) is 6.20. The number of hydrogen-bond acceptors (Lipinski definition) is 6. The van der Waals surface area contributed by atoms with E-state index < -0.39 is 0 Å². The summed E-state index contributed by atoms with van der Waals surface area (Å²) in [5.74, 6) is 2.38. The van der Waals surface area contributed by atoms with Crippen LogP contribution in [0.1, 0.15) is 13.8 Å². The van der Waals surface area contributed by atoms with Gasteiger partial charge in [-0.3, -0.25) is 0 Å². The predicted octanol–water partition coefficient (Wildman–Crippen LogP) is 1.83. The number of aromatic nitrogens is 2. The van der Waals surface area contributed by atoms with Gasteiger partial charge in [0.05, 0.1) is 19.6 Å². The predicted molar refractivity (Wildman–Crippen MR) is 86.9 cm³/mol. The van der Waals surface area contributed by atoms with Crippen LogP contribution in [0, 0.1) is 0 Å². The lowest BCUT2D eigenvalue weighted by Crippen LogP contribution is -2.54. The molecular formula is C16H22N4O2. The van der Waals surface area contributed by atoms with Crippen molar-refractivity contribution >= 4 is 16.7 Å². The lowest BCUT2D eigenvalue weighted by molar-refractivity contribution is 0.397. The highest BCUT2D eigenvalue weighted by Gasteiger charge is 2.24. The Balaban J connectivity index is 2.13. The Hall–Kier alpha value is -2.08. The van der Waals surface area contributed by atoms with Gasteiger partial charge >= 0.3 is 0 Å². The maximum atomic E-state index is 5.45. The van der Waals surface area contributed by atoms with Crippen molar-refractivity contribution in [2.75, 3.05) is 32.2 Å². The summed E-state index contributed by atoms with van der Waals surface area (Å²) in [5.41, 5.74) is 0.812. The van der Waals surface area contributed by atoms with Crippen molar-refractivity contribution in [2.24, 2.45) is 0 Å². The Morgan fingerprint density at radius 1 is 1.09 bits per heavy atom. The molecule has 1 saturated heterocycles. The van der Waals surface area contributed by atoms with Crippen molar-refractivity contribution in [2.45, 2.75) is 25.9 Å². The molecule has 0 unspecified atom stereocenters. The molecule has 2 aromatic rings. The number of nitrogens with one attached hydrogen (secondary N) is 1. The number of hydrogen-bond donors (Lipinski definition) is 1. The zero-order valence-corrected chi connectivity index (χ0v) is 13.5. The van der Waals surface area contributed by atoms with E-state index in [2.05, 4.69) is 34.0 Å². The van der Waals surface area contributed by atoms with Gasteiger partial charge in [0.2, 0.25) is 0 Å². The van der Waals surface area contributed by atoms with Crippen LogP contribution < -0.4 is 19.7 Å². The first-order valence-electron chi connectivity index (χ1n) is 7.50. The van der Waals surface area contributed by atoms with Crippen molar-refractivity contribution in [3.05, 3.63) is 18.5 Å². The van der Waals surface area contributed by atoms with Crippen LogP contribution in [0.15, 0.2) is 18.5 Å². The molecule has 3 rings (SSSR count). The summed E-state index contributed by atoms with van der Waals surface area (Å²) < 4.78 is 10.8. The molecule has 6 heteroatoms. The maximum absolute atomic E-state index is 5.45. The number of piperazine rings is 1. The van der Waals surface area contributed by atoms with E-state index in [1.807, 2.05) is 12.1 Å². The second-order valence-corrected chi connectivity index (χ2v) is 5.80. The first kappa shape index (κ1) is 14.8. The van der Waals surface area contributed by atoms with Gasteiger partial charge in [0.25, 0.3) is 0 Å². The molecule has 1 fully saturated rings. The van der Waals surface area contributed by atoms with Crippen molar-refractivity contribution in [1.82, 2.24) is 15.3 Å². The molecule has 22 heavy (non-hydrogen) atoms. The first-order chi connectivity index (χ1) is 10.6. The second kappa shape index (κ2) is 5.96. The first-order valence-corrected chi connectivity index (χ1v) is 7.50. The van der Waals surface area contributed by atoms with Crippen LogP contribution in [-0.2, 0) is 0 Å². The Labute approximate surface area is 130 Å². The maximum Gasteiger partial charge on any atom is 0.148 e. The lowest BCUT2D eigenvalue weighted by Gasteiger charge is -2.37. The van der Waals surface area contributed by atoms with Crippen LogP contribution in [0.3, 0.4) is 0 Å². The number of methoxy groups -OCH3 is 2. The van der Waals surface area contributed by atoms with E-state index in [-0.39, 0.29) is 0 Å².